The highest BCUT2D eigenvalue weighted by Crippen LogP contribution is 2.30. The second kappa shape index (κ2) is 6.34. The maximum absolute atomic E-state index is 12.7. The molecule has 0 aliphatic rings. The lowest BCUT2D eigenvalue weighted by atomic mass is 9.99. The maximum Gasteiger partial charge on any atom is 0.416 e. The molecule has 1 unspecified atom stereocenters. The summed E-state index contributed by atoms with van der Waals surface area (Å²) < 4.78 is 39.6. The third-order valence-electron chi connectivity index (χ3n) is 4.29. The van der Waals surface area contributed by atoms with Gasteiger partial charge in [0.15, 0.2) is 0 Å². The fourth-order valence-electron chi connectivity index (χ4n) is 2.61. The van der Waals surface area contributed by atoms with E-state index in [9.17, 15) is 13.2 Å². The van der Waals surface area contributed by atoms with Crippen molar-refractivity contribution in [2.45, 2.75) is 32.9 Å². The van der Waals surface area contributed by atoms with Crippen LogP contribution in [0.3, 0.4) is 0 Å². The highest BCUT2D eigenvalue weighted by molar-refractivity contribution is 5.52. The van der Waals surface area contributed by atoms with Gasteiger partial charge in [-0.2, -0.15) is 27.8 Å². The van der Waals surface area contributed by atoms with Gasteiger partial charge < -0.3 is 5.32 Å². The van der Waals surface area contributed by atoms with Gasteiger partial charge in [-0.15, -0.1) is 0 Å². The highest BCUT2D eigenvalue weighted by Gasteiger charge is 2.30. The lowest BCUT2D eigenvalue weighted by molar-refractivity contribution is -0.137. The Balaban J connectivity index is 1.78. The molecule has 0 aliphatic heterocycles. The van der Waals surface area contributed by atoms with E-state index in [1.54, 1.807) is 4.52 Å². The van der Waals surface area contributed by atoms with Crippen LogP contribution >= 0.6 is 0 Å². The quantitative estimate of drug-likeness (QED) is 0.774. The van der Waals surface area contributed by atoms with E-state index >= 15 is 0 Å². The first-order chi connectivity index (χ1) is 11.8. The summed E-state index contributed by atoms with van der Waals surface area (Å²) in [4.78, 5) is 8.45. The molecule has 3 aromatic rings. The Bertz CT molecular complexity index is 884. The summed E-state index contributed by atoms with van der Waals surface area (Å²) >= 11 is 0. The molecule has 132 valence electrons. The van der Waals surface area contributed by atoms with E-state index in [4.69, 9.17) is 0 Å². The van der Waals surface area contributed by atoms with E-state index in [0.717, 1.165) is 34.8 Å². The molecule has 0 aliphatic carbocycles. The smallest absolute Gasteiger partial charge is 0.369 e. The van der Waals surface area contributed by atoms with Crippen LogP contribution in [0.2, 0.25) is 0 Å². The van der Waals surface area contributed by atoms with Gasteiger partial charge in [-0.05, 0) is 37.5 Å². The molecule has 0 amide bonds. The van der Waals surface area contributed by atoms with E-state index in [-0.39, 0.29) is 5.92 Å². The van der Waals surface area contributed by atoms with Crippen molar-refractivity contribution in [1.82, 2.24) is 19.6 Å². The number of nitrogens with one attached hydrogen (secondary N) is 1. The van der Waals surface area contributed by atoms with Crippen molar-refractivity contribution in [3.05, 3.63) is 53.0 Å². The van der Waals surface area contributed by atoms with Crippen LogP contribution in [0.5, 0.6) is 0 Å². The van der Waals surface area contributed by atoms with Gasteiger partial charge in [0.25, 0.3) is 5.78 Å². The van der Waals surface area contributed by atoms with Gasteiger partial charge in [0.05, 0.1) is 5.56 Å². The molecule has 0 fully saturated rings. The lowest BCUT2D eigenvalue weighted by Gasteiger charge is -2.17. The summed E-state index contributed by atoms with van der Waals surface area (Å²) in [5.74, 6) is 1.32. The second-order valence-corrected chi connectivity index (χ2v) is 6.04. The number of nitrogens with zero attached hydrogens (tertiary/aromatic N) is 4. The van der Waals surface area contributed by atoms with Gasteiger partial charge in [-0.1, -0.05) is 19.1 Å². The third-order valence-corrected chi connectivity index (χ3v) is 4.29. The van der Waals surface area contributed by atoms with Crippen LogP contribution in [0.15, 0.2) is 30.6 Å². The van der Waals surface area contributed by atoms with Crippen molar-refractivity contribution in [2.24, 2.45) is 0 Å². The van der Waals surface area contributed by atoms with Gasteiger partial charge in [0.2, 0.25) is 0 Å². The fraction of sp³-hybridized carbons (Fsp3) is 0.353. The number of hydrogen-bond donors (Lipinski definition) is 1. The Hall–Kier alpha value is -2.64. The van der Waals surface area contributed by atoms with Gasteiger partial charge >= 0.3 is 6.18 Å². The first-order valence-corrected chi connectivity index (χ1v) is 7.85. The fourth-order valence-corrected chi connectivity index (χ4v) is 2.61. The lowest BCUT2D eigenvalue weighted by Crippen LogP contribution is -2.15. The molecule has 2 heterocycles. The summed E-state index contributed by atoms with van der Waals surface area (Å²) in [5.41, 5.74) is 2.00. The monoisotopic (exact) mass is 349 g/mol. The maximum atomic E-state index is 12.7. The number of alkyl halides is 3. The standard InChI is InChI=1S/C17H18F3N5/c1-10(13-4-6-14(7-5-13)17(18,19)20)8-21-15-11(2)12(3)24-16-22-9-23-25(15)16/h4-7,9-10,21H,8H2,1-3H3. The molecule has 1 atom stereocenters. The SMILES string of the molecule is Cc1nc2ncnn2c(NCC(C)c2ccc(C(F)(F)F)cc2)c1C. The first kappa shape index (κ1) is 17.2. The highest BCUT2D eigenvalue weighted by atomic mass is 19.4. The zero-order chi connectivity index (χ0) is 18.2. The molecule has 0 radical (unpaired) electrons. The topological polar surface area (TPSA) is 55.1 Å². The first-order valence-electron chi connectivity index (χ1n) is 7.85. The van der Waals surface area contributed by atoms with E-state index in [0.29, 0.717) is 12.3 Å². The molecular weight excluding hydrogens is 331 g/mol. The zero-order valence-electron chi connectivity index (χ0n) is 14.1. The van der Waals surface area contributed by atoms with Crippen molar-refractivity contribution in [1.29, 1.82) is 0 Å². The molecule has 0 saturated heterocycles. The number of anilines is 1. The van der Waals surface area contributed by atoms with Crippen LogP contribution in [-0.4, -0.2) is 26.1 Å². The van der Waals surface area contributed by atoms with Crippen molar-refractivity contribution in [3.8, 4) is 0 Å². The Morgan fingerprint density at radius 1 is 1.16 bits per heavy atom. The minimum atomic E-state index is -4.32. The van der Waals surface area contributed by atoms with Crippen LogP contribution in [0, 0.1) is 13.8 Å². The normalized spacial score (nSPS) is 13.2. The van der Waals surface area contributed by atoms with Crippen LogP contribution in [-0.2, 0) is 6.18 Å². The van der Waals surface area contributed by atoms with E-state index in [1.807, 2.05) is 20.8 Å². The Morgan fingerprint density at radius 3 is 2.48 bits per heavy atom. The van der Waals surface area contributed by atoms with Crippen LogP contribution < -0.4 is 5.32 Å². The van der Waals surface area contributed by atoms with Crippen molar-refractivity contribution in [2.75, 3.05) is 11.9 Å². The molecule has 1 N–H and O–H groups in total. The molecule has 3 rings (SSSR count). The molecule has 8 heteroatoms. The third kappa shape index (κ3) is 3.42. The van der Waals surface area contributed by atoms with Gasteiger partial charge in [0.1, 0.15) is 12.1 Å². The van der Waals surface area contributed by atoms with Crippen molar-refractivity contribution >= 4 is 11.6 Å². The predicted molar refractivity (Wildman–Crippen MR) is 88.6 cm³/mol. The van der Waals surface area contributed by atoms with Gasteiger partial charge in [0, 0.05) is 17.8 Å². The van der Waals surface area contributed by atoms with Gasteiger partial charge in [-0.25, -0.2) is 4.98 Å². The molecule has 0 spiro atoms. The molecular formula is C17H18F3N5. The number of benzene rings is 1. The summed E-state index contributed by atoms with van der Waals surface area (Å²) in [5, 5.41) is 7.49. The molecule has 0 bridgehead atoms. The van der Waals surface area contributed by atoms with E-state index in [1.165, 1.54) is 18.5 Å². The molecule has 0 saturated carbocycles. The number of fused-ring (bicyclic) bond motifs is 1. The van der Waals surface area contributed by atoms with Crippen LogP contribution in [0.25, 0.3) is 5.78 Å². The van der Waals surface area contributed by atoms with Crippen molar-refractivity contribution < 1.29 is 13.2 Å². The van der Waals surface area contributed by atoms with E-state index in [2.05, 4.69) is 20.4 Å². The molecule has 1 aromatic carbocycles. The Kier molecular flexibility index (Phi) is 4.36. The molecule has 2 aromatic heterocycles. The van der Waals surface area contributed by atoms with Crippen molar-refractivity contribution in [3.63, 3.8) is 0 Å². The van der Waals surface area contributed by atoms with Crippen LogP contribution in [0.4, 0.5) is 19.0 Å². The largest absolute Gasteiger partial charge is 0.416 e. The summed E-state index contributed by atoms with van der Waals surface area (Å²) in [6.07, 6.45) is -2.88. The average Bonchev–Trinajstić information content (AvgIpc) is 3.02. The predicted octanol–water partition coefficient (Wildman–Crippen LogP) is 3.98. The summed E-state index contributed by atoms with van der Waals surface area (Å²) in [6.45, 7) is 6.34. The van der Waals surface area contributed by atoms with Gasteiger partial charge in [-0.3, -0.25) is 0 Å². The molecule has 5 nitrogen and oxygen atoms in total. The minimum absolute atomic E-state index is 0.0220. The Labute approximate surface area is 142 Å². The number of aryl methyl sites for hydroxylation is 1. The van der Waals surface area contributed by atoms with E-state index < -0.39 is 11.7 Å². The van der Waals surface area contributed by atoms with Crippen LogP contribution in [0.1, 0.15) is 35.2 Å². The number of hydrogen-bond acceptors (Lipinski definition) is 4. The molecule has 25 heavy (non-hydrogen) atoms. The number of rotatable bonds is 4. The summed E-state index contributed by atoms with van der Waals surface area (Å²) in [7, 11) is 0. The summed E-state index contributed by atoms with van der Waals surface area (Å²) in [6, 6.07) is 5.27. The average molecular weight is 349 g/mol. The second-order valence-electron chi connectivity index (χ2n) is 6.04. The number of aromatic nitrogens is 4. The minimum Gasteiger partial charge on any atom is -0.369 e. The number of halogens is 3. The Morgan fingerprint density at radius 2 is 1.84 bits per heavy atom. The zero-order valence-corrected chi connectivity index (χ0v) is 14.1.